The van der Waals surface area contributed by atoms with Crippen LogP contribution in [0.25, 0.3) is 21.9 Å². The lowest BCUT2D eigenvalue weighted by Gasteiger charge is -2.11. The first kappa shape index (κ1) is 17.4. The van der Waals surface area contributed by atoms with Crippen molar-refractivity contribution >= 4 is 38.9 Å². The number of aryl methyl sites for hydroxylation is 2. The van der Waals surface area contributed by atoms with E-state index in [1.807, 2.05) is 32.0 Å². The number of aromatic amines is 1. The van der Waals surface area contributed by atoms with Crippen molar-refractivity contribution in [2.75, 3.05) is 4.72 Å². The smallest absolute Gasteiger partial charge is 0.326 e. The molecule has 0 spiro atoms. The van der Waals surface area contributed by atoms with Gasteiger partial charge in [0.25, 0.3) is 0 Å². The van der Waals surface area contributed by atoms with Crippen LogP contribution in [0.2, 0.25) is 0 Å². The van der Waals surface area contributed by atoms with E-state index in [-0.39, 0.29) is 5.69 Å². The van der Waals surface area contributed by atoms with Crippen LogP contribution < -0.4 is 10.4 Å². The van der Waals surface area contributed by atoms with Crippen LogP contribution in [0.3, 0.4) is 0 Å². The molecular formula is C19H17N4O3S-. The summed E-state index contributed by atoms with van der Waals surface area (Å²) >= 11 is -2.40. The maximum atomic E-state index is 12.6. The van der Waals surface area contributed by atoms with Crippen LogP contribution in [-0.4, -0.2) is 23.3 Å². The number of pyridine rings is 1. The fourth-order valence-corrected chi connectivity index (χ4v) is 3.59. The first-order valence-corrected chi connectivity index (χ1v) is 9.43. The quantitative estimate of drug-likeness (QED) is 0.531. The summed E-state index contributed by atoms with van der Waals surface area (Å²) in [6.07, 6.45) is 1.67. The number of hydrogen-bond donors (Lipinski definition) is 2. The summed E-state index contributed by atoms with van der Waals surface area (Å²) in [4.78, 5) is 19.9. The Labute approximate surface area is 157 Å². The molecule has 0 aliphatic heterocycles. The van der Waals surface area contributed by atoms with E-state index >= 15 is 0 Å². The second-order valence-electron chi connectivity index (χ2n) is 6.53. The molecule has 2 aromatic heterocycles. The van der Waals surface area contributed by atoms with Crippen LogP contribution in [0, 0.1) is 13.8 Å². The molecule has 138 valence electrons. The summed E-state index contributed by atoms with van der Waals surface area (Å²) in [6, 6.07) is 11.0. The number of anilines is 1. The fraction of sp³-hybridized carbons (Fsp3) is 0.158. The van der Waals surface area contributed by atoms with Gasteiger partial charge >= 0.3 is 5.69 Å². The molecule has 0 fully saturated rings. The third kappa shape index (κ3) is 3.24. The van der Waals surface area contributed by atoms with Crippen molar-refractivity contribution < 1.29 is 8.76 Å². The van der Waals surface area contributed by atoms with E-state index < -0.39 is 11.3 Å². The minimum atomic E-state index is -2.40. The Morgan fingerprint density at radius 1 is 1.22 bits per heavy atom. The van der Waals surface area contributed by atoms with E-state index in [4.69, 9.17) is 0 Å². The van der Waals surface area contributed by atoms with Gasteiger partial charge in [0.1, 0.15) is 0 Å². The maximum absolute atomic E-state index is 12.6. The lowest BCUT2D eigenvalue weighted by atomic mass is 10.1. The van der Waals surface area contributed by atoms with Gasteiger partial charge in [-0.2, -0.15) is 0 Å². The highest BCUT2D eigenvalue weighted by molar-refractivity contribution is 7.80. The summed E-state index contributed by atoms with van der Waals surface area (Å²) in [6.45, 7) is 4.37. The predicted octanol–water partition coefficient (Wildman–Crippen LogP) is 2.75. The van der Waals surface area contributed by atoms with Gasteiger partial charge < -0.3 is 14.3 Å². The molecule has 0 saturated carbocycles. The summed E-state index contributed by atoms with van der Waals surface area (Å²) in [7, 11) is 0. The van der Waals surface area contributed by atoms with E-state index in [0.29, 0.717) is 17.7 Å². The van der Waals surface area contributed by atoms with Crippen molar-refractivity contribution in [2.24, 2.45) is 0 Å². The standard InChI is InChI=1S/C19H18N4O3S/c1-11-6-15-16(7-12(11)2)20-9-17-18(15)23(19(24)21-17)10-13-4-3-5-14(8-13)22-27(25)26/h3-9,22H,10H2,1-2H3,(H,21,24)(H,25,26)/p-1. The van der Waals surface area contributed by atoms with Crippen molar-refractivity contribution in [3.05, 3.63) is 69.8 Å². The van der Waals surface area contributed by atoms with Crippen LogP contribution in [0.5, 0.6) is 0 Å². The Bertz CT molecular complexity index is 1260. The average Bonchev–Trinajstić information content (AvgIpc) is 2.92. The van der Waals surface area contributed by atoms with Gasteiger partial charge in [0.05, 0.1) is 29.3 Å². The number of nitrogens with zero attached hydrogens (tertiary/aromatic N) is 2. The Morgan fingerprint density at radius 3 is 2.78 bits per heavy atom. The first-order valence-electron chi connectivity index (χ1n) is 8.36. The normalized spacial score (nSPS) is 12.6. The molecule has 2 N–H and O–H groups in total. The van der Waals surface area contributed by atoms with Crippen molar-refractivity contribution in [1.82, 2.24) is 14.5 Å². The number of fused-ring (bicyclic) bond motifs is 3. The van der Waals surface area contributed by atoms with Crippen LogP contribution in [0.4, 0.5) is 5.69 Å². The number of nitrogens with one attached hydrogen (secondary N) is 2. The zero-order chi connectivity index (χ0) is 19.1. The average molecular weight is 381 g/mol. The Morgan fingerprint density at radius 2 is 2.00 bits per heavy atom. The molecule has 7 nitrogen and oxygen atoms in total. The van der Waals surface area contributed by atoms with Gasteiger partial charge in [0.15, 0.2) is 0 Å². The molecule has 1 unspecified atom stereocenters. The fourth-order valence-electron chi connectivity index (χ4n) is 3.27. The molecule has 0 radical (unpaired) electrons. The van der Waals surface area contributed by atoms with Gasteiger partial charge in [-0.1, -0.05) is 12.1 Å². The molecule has 1 atom stereocenters. The van der Waals surface area contributed by atoms with E-state index in [1.165, 1.54) is 0 Å². The van der Waals surface area contributed by atoms with Crippen LogP contribution in [-0.2, 0) is 17.8 Å². The highest BCUT2D eigenvalue weighted by Crippen LogP contribution is 2.25. The summed E-state index contributed by atoms with van der Waals surface area (Å²) in [5, 5.41) is 0.906. The van der Waals surface area contributed by atoms with E-state index in [0.717, 1.165) is 33.1 Å². The second-order valence-corrected chi connectivity index (χ2v) is 7.20. The number of hydrogen-bond acceptors (Lipinski definition) is 4. The third-order valence-corrected chi connectivity index (χ3v) is 5.08. The second kappa shape index (κ2) is 6.64. The lowest BCUT2D eigenvalue weighted by molar-refractivity contribution is 0.542. The number of aromatic nitrogens is 3. The first-order chi connectivity index (χ1) is 12.9. The molecule has 0 aliphatic rings. The van der Waals surface area contributed by atoms with Crippen molar-refractivity contribution in [2.45, 2.75) is 20.4 Å². The van der Waals surface area contributed by atoms with Gasteiger partial charge in [-0.15, -0.1) is 0 Å². The molecule has 4 rings (SSSR count). The molecular weight excluding hydrogens is 364 g/mol. The zero-order valence-corrected chi connectivity index (χ0v) is 15.6. The monoisotopic (exact) mass is 381 g/mol. The van der Waals surface area contributed by atoms with Gasteiger partial charge in [0.2, 0.25) is 0 Å². The molecule has 0 bridgehead atoms. The summed E-state index contributed by atoms with van der Waals surface area (Å²) < 4.78 is 25.7. The van der Waals surface area contributed by atoms with Gasteiger partial charge in [-0.25, -0.2) is 4.79 Å². The topological polar surface area (TPSA) is 103 Å². The van der Waals surface area contributed by atoms with Crippen LogP contribution in [0.1, 0.15) is 16.7 Å². The van der Waals surface area contributed by atoms with Gasteiger partial charge in [-0.3, -0.25) is 13.8 Å². The molecule has 2 aromatic carbocycles. The minimum Gasteiger partial charge on any atom is -0.755 e. The van der Waals surface area contributed by atoms with Crippen LogP contribution >= 0.6 is 0 Å². The molecule has 8 heteroatoms. The summed E-state index contributed by atoms with van der Waals surface area (Å²) in [5.74, 6) is 0. The third-order valence-electron chi connectivity index (χ3n) is 4.68. The maximum Gasteiger partial charge on any atom is 0.326 e. The zero-order valence-electron chi connectivity index (χ0n) is 14.8. The molecule has 2 heterocycles. The molecule has 0 saturated heterocycles. The van der Waals surface area contributed by atoms with Gasteiger partial charge in [-0.05, 0) is 54.8 Å². The Balaban J connectivity index is 1.88. The summed E-state index contributed by atoms with van der Waals surface area (Å²) in [5.41, 5.74) is 5.58. The molecule has 0 amide bonds. The number of rotatable bonds is 4. The highest BCUT2D eigenvalue weighted by atomic mass is 32.2. The molecule has 4 aromatic rings. The molecule has 27 heavy (non-hydrogen) atoms. The predicted molar refractivity (Wildman–Crippen MR) is 105 cm³/mol. The minimum absolute atomic E-state index is 0.233. The van der Waals surface area contributed by atoms with Crippen molar-refractivity contribution in [3.63, 3.8) is 0 Å². The number of H-pyrrole nitrogens is 1. The van der Waals surface area contributed by atoms with Gasteiger partial charge in [0, 0.05) is 22.3 Å². The van der Waals surface area contributed by atoms with E-state index in [2.05, 4.69) is 14.7 Å². The van der Waals surface area contributed by atoms with E-state index in [1.54, 1.807) is 29.0 Å². The van der Waals surface area contributed by atoms with Crippen LogP contribution in [0.15, 0.2) is 47.4 Å². The largest absolute Gasteiger partial charge is 0.755 e. The number of imidazole rings is 1. The SMILES string of the molecule is Cc1cc2ncc3[nH]c(=O)n(Cc4cccc(NS(=O)[O-])c4)c3c2cc1C. The Kier molecular flexibility index (Phi) is 4.29. The van der Waals surface area contributed by atoms with Crippen molar-refractivity contribution in [3.8, 4) is 0 Å². The van der Waals surface area contributed by atoms with Crippen molar-refractivity contribution in [1.29, 1.82) is 0 Å². The van der Waals surface area contributed by atoms with E-state index in [9.17, 15) is 13.6 Å². The lowest BCUT2D eigenvalue weighted by Crippen LogP contribution is -2.17. The molecule has 0 aliphatic carbocycles. The highest BCUT2D eigenvalue weighted by Gasteiger charge is 2.13. The number of benzene rings is 2. The Hall–Kier alpha value is -2.97.